The fourth-order valence-corrected chi connectivity index (χ4v) is 3.27. The molecule has 4 rings (SSSR count). The largest absolute Gasteiger partial charge is 0.469 e. The molecule has 1 N–H and O–H groups in total. The molecule has 5 nitrogen and oxygen atoms in total. The number of piperazine rings is 1. The van der Waals surface area contributed by atoms with Gasteiger partial charge in [0.25, 0.3) is 0 Å². The van der Waals surface area contributed by atoms with Gasteiger partial charge in [0.1, 0.15) is 0 Å². The molecule has 2 heterocycles. The molecule has 138 valence electrons. The lowest BCUT2D eigenvalue weighted by atomic mass is 10.1. The highest BCUT2D eigenvalue weighted by molar-refractivity contribution is 5.97. The molecule has 0 radical (unpaired) electrons. The van der Waals surface area contributed by atoms with E-state index in [0.717, 1.165) is 43.6 Å². The first-order valence-electron chi connectivity index (χ1n) is 9.32. The number of pyridine rings is 1. The fraction of sp³-hybridized carbons (Fsp3) is 0.273. The molecule has 3 aromatic rings. The van der Waals surface area contributed by atoms with Crippen molar-refractivity contribution in [2.24, 2.45) is 0 Å². The van der Waals surface area contributed by atoms with Crippen molar-refractivity contribution in [2.75, 3.05) is 32.8 Å². The zero-order chi connectivity index (χ0) is 18.5. The van der Waals surface area contributed by atoms with Crippen molar-refractivity contribution in [3.63, 3.8) is 0 Å². The van der Waals surface area contributed by atoms with Crippen LogP contribution in [0, 0.1) is 0 Å². The van der Waals surface area contributed by atoms with E-state index in [9.17, 15) is 4.79 Å². The Kier molecular flexibility index (Phi) is 5.42. The molecule has 5 heteroatoms. The molecular formula is C22H23N3O2. The number of nitrogens with one attached hydrogen (secondary N) is 1. The average Bonchev–Trinajstić information content (AvgIpc) is 2.73. The SMILES string of the molecule is O=C(COc1ccc2ccccc2n1)c1ccc(CN2CCNCC2)cc1. The van der Waals surface area contributed by atoms with Gasteiger partial charge in [-0.15, -0.1) is 0 Å². The summed E-state index contributed by atoms with van der Waals surface area (Å²) in [5.41, 5.74) is 2.75. The van der Waals surface area contributed by atoms with Gasteiger partial charge in [0, 0.05) is 49.7 Å². The summed E-state index contributed by atoms with van der Waals surface area (Å²) in [7, 11) is 0. The molecule has 2 aromatic carbocycles. The summed E-state index contributed by atoms with van der Waals surface area (Å²) < 4.78 is 5.61. The number of carbonyl (C=O) groups excluding carboxylic acids is 1. The number of nitrogens with zero attached hydrogens (tertiary/aromatic N) is 2. The van der Waals surface area contributed by atoms with Crippen LogP contribution in [0.3, 0.4) is 0 Å². The highest BCUT2D eigenvalue weighted by atomic mass is 16.5. The predicted octanol–water partition coefficient (Wildman–Crippen LogP) is 2.90. The Balaban J connectivity index is 1.34. The average molecular weight is 361 g/mol. The van der Waals surface area contributed by atoms with Gasteiger partial charge in [-0.1, -0.05) is 42.5 Å². The Morgan fingerprint density at radius 2 is 1.78 bits per heavy atom. The molecule has 0 spiro atoms. The van der Waals surface area contributed by atoms with Gasteiger partial charge >= 0.3 is 0 Å². The molecule has 1 saturated heterocycles. The standard InChI is InChI=1S/C22H23N3O2/c26-21(16-27-22-10-9-18-3-1-2-4-20(18)24-22)19-7-5-17(6-8-19)15-25-13-11-23-12-14-25/h1-10,23H,11-16H2. The van der Waals surface area contributed by atoms with Crippen LogP contribution in [0.1, 0.15) is 15.9 Å². The van der Waals surface area contributed by atoms with Crippen LogP contribution >= 0.6 is 0 Å². The third-order valence-corrected chi connectivity index (χ3v) is 4.82. The lowest BCUT2D eigenvalue weighted by Gasteiger charge is -2.27. The molecule has 1 aliphatic heterocycles. The molecule has 1 aromatic heterocycles. The minimum Gasteiger partial charge on any atom is -0.469 e. The molecule has 1 fully saturated rings. The summed E-state index contributed by atoms with van der Waals surface area (Å²) in [4.78, 5) is 19.3. The molecule has 0 amide bonds. The number of benzene rings is 2. The van der Waals surface area contributed by atoms with Gasteiger partial charge in [-0.3, -0.25) is 9.69 Å². The number of fused-ring (bicyclic) bond motifs is 1. The van der Waals surface area contributed by atoms with Crippen molar-refractivity contribution in [2.45, 2.75) is 6.54 Å². The Bertz CT molecular complexity index is 918. The first-order chi connectivity index (χ1) is 13.3. The minimum atomic E-state index is -0.0429. The van der Waals surface area contributed by atoms with Crippen molar-refractivity contribution in [1.82, 2.24) is 15.2 Å². The molecule has 0 atom stereocenters. The summed E-state index contributed by atoms with van der Waals surface area (Å²) >= 11 is 0. The molecule has 0 saturated carbocycles. The molecule has 0 aliphatic carbocycles. The van der Waals surface area contributed by atoms with Gasteiger partial charge in [-0.2, -0.15) is 0 Å². The first-order valence-corrected chi connectivity index (χ1v) is 9.32. The molecule has 27 heavy (non-hydrogen) atoms. The van der Waals surface area contributed by atoms with E-state index in [1.165, 1.54) is 5.56 Å². The normalized spacial score (nSPS) is 15.0. The van der Waals surface area contributed by atoms with E-state index in [2.05, 4.69) is 15.2 Å². The maximum atomic E-state index is 12.4. The van der Waals surface area contributed by atoms with E-state index >= 15 is 0 Å². The van der Waals surface area contributed by atoms with Gasteiger partial charge in [-0.05, 0) is 17.7 Å². The molecule has 0 unspecified atom stereocenters. The number of carbonyl (C=O) groups is 1. The van der Waals surface area contributed by atoms with Crippen LogP contribution < -0.4 is 10.1 Å². The van der Waals surface area contributed by atoms with Gasteiger partial charge in [0.05, 0.1) is 5.52 Å². The third-order valence-electron chi connectivity index (χ3n) is 4.82. The third kappa shape index (κ3) is 4.51. The lowest BCUT2D eigenvalue weighted by molar-refractivity contribution is 0.0918. The zero-order valence-electron chi connectivity index (χ0n) is 15.2. The van der Waals surface area contributed by atoms with E-state index in [1.807, 2.05) is 54.6 Å². The minimum absolute atomic E-state index is 0.0114. The van der Waals surface area contributed by atoms with E-state index in [1.54, 1.807) is 6.07 Å². The second-order valence-electron chi connectivity index (χ2n) is 6.78. The maximum absolute atomic E-state index is 12.4. The smallest absolute Gasteiger partial charge is 0.214 e. The van der Waals surface area contributed by atoms with Crippen molar-refractivity contribution >= 4 is 16.7 Å². The number of aromatic nitrogens is 1. The van der Waals surface area contributed by atoms with Crippen LogP contribution in [0.25, 0.3) is 10.9 Å². The number of hydrogen-bond acceptors (Lipinski definition) is 5. The van der Waals surface area contributed by atoms with Crippen LogP contribution in [-0.2, 0) is 6.54 Å². The monoisotopic (exact) mass is 361 g/mol. The summed E-state index contributed by atoms with van der Waals surface area (Å²) in [6.45, 7) is 5.12. The Morgan fingerprint density at radius 1 is 1.00 bits per heavy atom. The quantitative estimate of drug-likeness (QED) is 0.684. The second-order valence-corrected chi connectivity index (χ2v) is 6.78. The van der Waals surface area contributed by atoms with E-state index in [4.69, 9.17) is 4.74 Å². The van der Waals surface area contributed by atoms with Crippen molar-refractivity contribution in [3.8, 4) is 5.88 Å². The number of Topliss-reactive ketones (excluding diaryl/α,β-unsaturated/α-hetero) is 1. The van der Waals surface area contributed by atoms with Crippen LogP contribution in [0.4, 0.5) is 0 Å². The topological polar surface area (TPSA) is 54.5 Å². The number of ketones is 1. The second kappa shape index (κ2) is 8.29. The summed E-state index contributed by atoms with van der Waals surface area (Å²) in [6.07, 6.45) is 0. The summed E-state index contributed by atoms with van der Waals surface area (Å²) in [5, 5.41) is 4.41. The van der Waals surface area contributed by atoms with Gasteiger partial charge < -0.3 is 10.1 Å². The van der Waals surface area contributed by atoms with Gasteiger partial charge in [-0.25, -0.2) is 4.98 Å². The molecule has 0 bridgehead atoms. The Labute approximate surface area is 159 Å². The van der Waals surface area contributed by atoms with Crippen LogP contribution in [0.15, 0.2) is 60.7 Å². The van der Waals surface area contributed by atoms with Crippen molar-refractivity contribution in [3.05, 3.63) is 71.8 Å². The number of hydrogen-bond donors (Lipinski definition) is 1. The highest BCUT2D eigenvalue weighted by Gasteiger charge is 2.11. The molecular weight excluding hydrogens is 338 g/mol. The van der Waals surface area contributed by atoms with E-state index in [-0.39, 0.29) is 12.4 Å². The number of para-hydroxylation sites is 1. The zero-order valence-corrected chi connectivity index (χ0v) is 15.2. The number of rotatable bonds is 6. The first kappa shape index (κ1) is 17.6. The van der Waals surface area contributed by atoms with Gasteiger partial charge in [0.15, 0.2) is 12.4 Å². The van der Waals surface area contributed by atoms with Crippen LogP contribution in [0.5, 0.6) is 5.88 Å². The Morgan fingerprint density at radius 3 is 2.59 bits per heavy atom. The lowest BCUT2D eigenvalue weighted by Crippen LogP contribution is -2.42. The fourth-order valence-electron chi connectivity index (χ4n) is 3.27. The van der Waals surface area contributed by atoms with Crippen LogP contribution in [-0.4, -0.2) is 48.5 Å². The van der Waals surface area contributed by atoms with Crippen LogP contribution in [0.2, 0.25) is 0 Å². The summed E-state index contributed by atoms with van der Waals surface area (Å²) in [6, 6.07) is 19.4. The summed E-state index contributed by atoms with van der Waals surface area (Å²) in [5.74, 6) is 0.427. The van der Waals surface area contributed by atoms with Gasteiger partial charge in [0.2, 0.25) is 5.88 Å². The highest BCUT2D eigenvalue weighted by Crippen LogP contribution is 2.16. The van der Waals surface area contributed by atoms with E-state index < -0.39 is 0 Å². The molecule has 1 aliphatic rings. The predicted molar refractivity (Wildman–Crippen MR) is 106 cm³/mol. The Hall–Kier alpha value is -2.76. The van der Waals surface area contributed by atoms with Crippen molar-refractivity contribution in [1.29, 1.82) is 0 Å². The van der Waals surface area contributed by atoms with E-state index in [0.29, 0.717) is 11.4 Å². The maximum Gasteiger partial charge on any atom is 0.214 e. The number of ether oxygens (including phenoxy) is 1. The van der Waals surface area contributed by atoms with Crippen molar-refractivity contribution < 1.29 is 9.53 Å².